The molecule has 10 heavy (non-hydrogen) atoms. The van der Waals surface area contributed by atoms with Crippen LogP contribution in [0.3, 0.4) is 0 Å². The molecule has 0 aliphatic heterocycles. The molecule has 0 bridgehead atoms. The summed E-state index contributed by atoms with van der Waals surface area (Å²) in [6.45, 7) is 4.72. The topological polar surface area (TPSA) is 38.0 Å². The Morgan fingerprint density at radius 3 is 2.60 bits per heavy atom. The number of nitrogens with one attached hydrogen (secondary N) is 1. The average Bonchev–Trinajstić information content (AvgIpc) is 1.99. The zero-order valence-electron chi connectivity index (χ0n) is 6.72. The van der Waals surface area contributed by atoms with Crippen molar-refractivity contribution in [3.8, 4) is 12.3 Å². The van der Waals surface area contributed by atoms with Crippen molar-refractivity contribution in [1.29, 1.82) is 0 Å². The summed E-state index contributed by atoms with van der Waals surface area (Å²) in [6, 6.07) is 0.500. The zero-order valence-corrected chi connectivity index (χ0v) is 6.72. The third-order valence-corrected chi connectivity index (χ3v) is 1.45. The Balaban J connectivity index is 3.54. The molecule has 0 aromatic heterocycles. The van der Waals surface area contributed by atoms with Gasteiger partial charge in [0.15, 0.2) is 0 Å². The van der Waals surface area contributed by atoms with Crippen molar-refractivity contribution in [2.75, 3.05) is 6.54 Å². The minimum atomic E-state index is 0.179. The molecule has 0 aliphatic carbocycles. The summed E-state index contributed by atoms with van der Waals surface area (Å²) in [5.41, 5.74) is 5.40. The van der Waals surface area contributed by atoms with Crippen molar-refractivity contribution in [2.24, 2.45) is 5.73 Å². The van der Waals surface area contributed by atoms with Crippen LogP contribution in [0.5, 0.6) is 0 Å². The highest BCUT2D eigenvalue weighted by Gasteiger charge is 2.03. The summed E-state index contributed by atoms with van der Waals surface area (Å²) >= 11 is 0. The van der Waals surface area contributed by atoms with Crippen LogP contribution in [-0.4, -0.2) is 18.6 Å². The van der Waals surface area contributed by atoms with Gasteiger partial charge in [-0.05, 0) is 13.3 Å². The fourth-order valence-corrected chi connectivity index (χ4v) is 0.695. The van der Waals surface area contributed by atoms with Crippen LogP contribution >= 0.6 is 0 Å². The first-order valence-electron chi connectivity index (χ1n) is 3.66. The Kier molecular flexibility index (Phi) is 5.00. The molecule has 58 valence electrons. The normalized spacial score (nSPS) is 15.8. The van der Waals surface area contributed by atoms with Crippen LogP contribution in [0.2, 0.25) is 0 Å². The molecule has 2 nitrogen and oxygen atoms in total. The quantitative estimate of drug-likeness (QED) is 0.552. The number of rotatable bonds is 4. The van der Waals surface area contributed by atoms with E-state index in [1.165, 1.54) is 0 Å². The van der Waals surface area contributed by atoms with Crippen LogP contribution in [0.1, 0.15) is 20.3 Å². The van der Waals surface area contributed by atoms with Gasteiger partial charge >= 0.3 is 0 Å². The van der Waals surface area contributed by atoms with E-state index in [9.17, 15) is 0 Å². The second-order valence-corrected chi connectivity index (χ2v) is 2.43. The van der Waals surface area contributed by atoms with E-state index in [0.717, 1.165) is 6.42 Å². The first-order valence-corrected chi connectivity index (χ1v) is 3.66. The number of hydrogen-bond acceptors (Lipinski definition) is 2. The summed E-state index contributed by atoms with van der Waals surface area (Å²) in [5.74, 6) is 2.65. The van der Waals surface area contributed by atoms with E-state index in [-0.39, 0.29) is 6.04 Å². The second kappa shape index (κ2) is 5.28. The van der Waals surface area contributed by atoms with Crippen LogP contribution in [0.4, 0.5) is 0 Å². The number of hydrogen-bond donors (Lipinski definition) is 2. The van der Waals surface area contributed by atoms with E-state index in [1.807, 2.05) is 6.92 Å². The van der Waals surface area contributed by atoms with Gasteiger partial charge in [0.1, 0.15) is 0 Å². The molecule has 2 heteroatoms. The Morgan fingerprint density at radius 1 is 1.70 bits per heavy atom. The maximum atomic E-state index is 5.40. The molecule has 0 rings (SSSR count). The minimum Gasteiger partial charge on any atom is -0.329 e. The highest BCUT2D eigenvalue weighted by molar-refractivity contribution is 4.98. The molecule has 0 spiro atoms. The van der Waals surface area contributed by atoms with Crippen LogP contribution in [0.25, 0.3) is 0 Å². The van der Waals surface area contributed by atoms with Gasteiger partial charge in [-0.2, -0.15) is 0 Å². The predicted molar refractivity (Wildman–Crippen MR) is 44.6 cm³/mol. The maximum Gasteiger partial charge on any atom is 0.0686 e. The van der Waals surface area contributed by atoms with Crippen LogP contribution in [-0.2, 0) is 0 Å². The fraction of sp³-hybridized carbons (Fsp3) is 0.750. The molecular formula is C8H16N2. The van der Waals surface area contributed by atoms with Gasteiger partial charge in [-0.25, -0.2) is 0 Å². The van der Waals surface area contributed by atoms with Crippen molar-refractivity contribution in [2.45, 2.75) is 32.4 Å². The van der Waals surface area contributed by atoms with Crippen molar-refractivity contribution >= 4 is 0 Å². The summed E-state index contributed by atoms with van der Waals surface area (Å²) in [7, 11) is 0. The standard InChI is InChI=1S/C8H16N2/c1-4-8(5-2)10-7(3)6-9/h1,7-8,10H,5-6,9H2,2-3H3. The molecule has 0 aromatic rings. The molecule has 0 aromatic carbocycles. The molecule has 0 heterocycles. The third kappa shape index (κ3) is 3.49. The Morgan fingerprint density at radius 2 is 2.30 bits per heavy atom. The van der Waals surface area contributed by atoms with Crippen molar-refractivity contribution in [1.82, 2.24) is 5.32 Å². The van der Waals surface area contributed by atoms with Crippen LogP contribution in [0.15, 0.2) is 0 Å². The summed E-state index contributed by atoms with van der Waals surface area (Å²) in [4.78, 5) is 0. The molecule has 2 unspecified atom stereocenters. The van der Waals surface area contributed by atoms with E-state index < -0.39 is 0 Å². The van der Waals surface area contributed by atoms with E-state index in [2.05, 4.69) is 18.2 Å². The highest BCUT2D eigenvalue weighted by Crippen LogP contribution is 1.89. The van der Waals surface area contributed by atoms with Crippen molar-refractivity contribution in [3.63, 3.8) is 0 Å². The van der Waals surface area contributed by atoms with Crippen LogP contribution in [0, 0.1) is 12.3 Å². The molecule has 3 N–H and O–H groups in total. The molecule has 0 amide bonds. The van der Waals surface area contributed by atoms with Gasteiger partial charge in [0, 0.05) is 12.6 Å². The van der Waals surface area contributed by atoms with Gasteiger partial charge in [-0.1, -0.05) is 12.8 Å². The van der Waals surface area contributed by atoms with Crippen LogP contribution < -0.4 is 11.1 Å². The first kappa shape index (κ1) is 9.48. The fourth-order valence-electron chi connectivity index (χ4n) is 0.695. The van der Waals surface area contributed by atoms with Gasteiger partial charge in [-0.3, -0.25) is 5.32 Å². The molecule has 0 aliphatic rings. The third-order valence-electron chi connectivity index (χ3n) is 1.45. The maximum absolute atomic E-state index is 5.40. The average molecular weight is 140 g/mol. The molecular weight excluding hydrogens is 124 g/mol. The molecule has 2 atom stereocenters. The van der Waals surface area contributed by atoms with E-state index in [1.54, 1.807) is 0 Å². The van der Waals surface area contributed by atoms with Gasteiger partial charge < -0.3 is 5.73 Å². The van der Waals surface area contributed by atoms with E-state index in [0.29, 0.717) is 12.6 Å². The Hall–Kier alpha value is -0.520. The van der Waals surface area contributed by atoms with Crippen molar-refractivity contribution in [3.05, 3.63) is 0 Å². The monoisotopic (exact) mass is 140 g/mol. The SMILES string of the molecule is C#CC(CC)NC(C)CN. The summed E-state index contributed by atoms with van der Waals surface area (Å²) < 4.78 is 0. The lowest BCUT2D eigenvalue weighted by atomic mass is 10.2. The summed E-state index contributed by atoms with van der Waals surface area (Å²) in [6.07, 6.45) is 6.19. The van der Waals surface area contributed by atoms with E-state index in [4.69, 9.17) is 12.2 Å². The van der Waals surface area contributed by atoms with E-state index >= 15 is 0 Å². The van der Waals surface area contributed by atoms with Gasteiger partial charge in [0.2, 0.25) is 0 Å². The van der Waals surface area contributed by atoms with Crippen molar-refractivity contribution < 1.29 is 0 Å². The lowest BCUT2D eigenvalue weighted by Crippen LogP contribution is -2.39. The largest absolute Gasteiger partial charge is 0.329 e. The molecule has 0 radical (unpaired) electrons. The van der Waals surface area contributed by atoms with Gasteiger partial charge in [0.25, 0.3) is 0 Å². The minimum absolute atomic E-state index is 0.179. The summed E-state index contributed by atoms with van der Waals surface area (Å²) in [5, 5.41) is 3.20. The molecule has 0 saturated carbocycles. The first-order chi connectivity index (χ1) is 4.74. The predicted octanol–water partition coefficient (Wildman–Crippen LogP) is 0.335. The Bertz CT molecular complexity index is 115. The highest BCUT2D eigenvalue weighted by atomic mass is 15.0. The molecule has 0 saturated heterocycles. The second-order valence-electron chi connectivity index (χ2n) is 2.43. The zero-order chi connectivity index (χ0) is 7.98. The Labute approximate surface area is 63.2 Å². The number of nitrogens with two attached hydrogens (primary N) is 1. The lowest BCUT2D eigenvalue weighted by Gasteiger charge is -2.15. The molecule has 0 fully saturated rings. The number of terminal acetylenes is 1. The smallest absolute Gasteiger partial charge is 0.0686 e. The lowest BCUT2D eigenvalue weighted by molar-refractivity contribution is 0.502. The van der Waals surface area contributed by atoms with Gasteiger partial charge in [0.05, 0.1) is 6.04 Å². The van der Waals surface area contributed by atoms with Gasteiger partial charge in [-0.15, -0.1) is 6.42 Å².